The maximum absolute atomic E-state index is 11.5. The number of aromatic nitrogens is 2. The minimum absolute atomic E-state index is 0.180. The van der Waals surface area contributed by atoms with E-state index in [0.29, 0.717) is 24.6 Å². The zero-order chi connectivity index (χ0) is 14.1. The van der Waals surface area contributed by atoms with Gasteiger partial charge in [0.1, 0.15) is 0 Å². The Morgan fingerprint density at radius 2 is 2.26 bits per heavy atom. The Kier molecular flexibility index (Phi) is 6.42. The number of carbonyl (C=O) groups is 2. The minimum atomic E-state index is -0.774. The van der Waals surface area contributed by atoms with Crippen molar-refractivity contribution < 1.29 is 14.7 Å². The summed E-state index contributed by atoms with van der Waals surface area (Å²) in [6.45, 7) is 2.56. The van der Waals surface area contributed by atoms with Gasteiger partial charge in [0, 0.05) is 19.2 Å². The first-order valence-corrected chi connectivity index (χ1v) is 6.37. The van der Waals surface area contributed by atoms with Crippen molar-refractivity contribution in [3.05, 3.63) is 12.4 Å². The lowest BCUT2D eigenvalue weighted by Crippen LogP contribution is -2.30. The van der Waals surface area contributed by atoms with Crippen molar-refractivity contribution in [3.63, 3.8) is 0 Å². The highest BCUT2D eigenvalue weighted by molar-refractivity contribution is 5.88. The second-order valence-electron chi connectivity index (χ2n) is 4.36. The lowest BCUT2D eigenvalue weighted by atomic mass is 9.97. The number of aliphatic carboxylic acids is 1. The summed E-state index contributed by atoms with van der Waals surface area (Å²) in [4.78, 5) is 22.0. The predicted molar refractivity (Wildman–Crippen MR) is 70.9 cm³/mol. The third-order valence-corrected chi connectivity index (χ3v) is 2.94. The number of carboxylic acid groups (broad SMARTS) is 1. The summed E-state index contributed by atoms with van der Waals surface area (Å²) < 4.78 is 0. The molecule has 0 saturated heterocycles. The normalized spacial score (nSPS) is 11.8. The van der Waals surface area contributed by atoms with Crippen LogP contribution in [0.25, 0.3) is 0 Å². The second-order valence-corrected chi connectivity index (χ2v) is 4.36. The number of urea groups is 1. The number of anilines is 1. The van der Waals surface area contributed by atoms with Crippen LogP contribution < -0.4 is 10.6 Å². The number of nitrogens with zero attached hydrogens (tertiary/aromatic N) is 1. The van der Waals surface area contributed by atoms with E-state index < -0.39 is 5.97 Å². The van der Waals surface area contributed by atoms with Gasteiger partial charge in [0.05, 0.1) is 11.9 Å². The van der Waals surface area contributed by atoms with Gasteiger partial charge in [-0.1, -0.05) is 13.3 Å². The highest BCUT2D eigenvalue weighted by atomic mass is 16.4. The molecule has 0 bridgehead atoms. The molecule has 7 nitrogen and oxygen atoms in total. The zero-order valence-electron chi connectivity index (χ0n) is 11.0. The lowest BCUT2D eigenvalue weighted by molar-refractivity contribution is -0.137. The molecule has 0 aliphatic rings. The third kappa shape index (κ3) is 6.44. The van der Waals surface area contributed by atoms with Crippen molar-refractivity contribution >= 4 is 17.7 Å². The number of H-pyrrole nitrogens is 1. The van der Waals surface area contributed by atoms with Crippen LogP contribution in [0.1, 0.15) is 32.6 Å². The van der Waals surface area contributed by atoms with Crippen LogP contribution >= 0.6 is 0 Å². The Bertz CT molecular complexity index is 392. The van der Waals surface area contributed by atoms with Crippen molar-refractivity contribution in [1.82, 2.24) is 15.5 Å². The summed E-state index contributed by atoms with van der Waals surface area (Å²) in [5.41, 5.74) is 0.607. The molecule has 1 atom stereocenters. The van der Waals surface area contributed by atoms with E-state index in [1.165, 1.54) is 6.20 Å². The van der Waals surface area contributed by atoms with Gasteiger partial charge in [-0.3, -0.25) is 9.89 Å². The molecule has 0 radical (unpaired) electrons. The van der Waals surface area contributed by atoms with E-state index in [1.807, 2.05) is 6.92 Å². The van der Waals surface area contributed by atoms with Gasteiger partial charge in [0.2, 0.25) is 0 Å². The molecule has 1 unspecified atom stereocenters. The highest BCUT2D eigenvalue weighted by Gasteiger charge is 2.09. The molecule has 7 heteroatoms. The molecule has 1 heterocycles. The first-order chi connectivity index (χ1) is 9.11. The van der Waals surface area contributed by atoms with Crippen molar-refractivity contribution in [2.45, 2.75) is 32.6 Å². The maximum Gasteiger partial charge on any atom is 0.319 e. The maximum atomic E-state index is 11.5. The lowest BCUT2D eigenvalue weighted by Gasteiger charge is -2.14. The number of nitrogens with one attached hydrogen (secondary N) is 3. The number of aromatic amines is 1. The van der Waals surface area contributed by atoms with Gasteiger partial charge in [-0.25, -0.2) is 4.79 Å². The molecule has 1 rings (SSSR count). The fourth-order valence-electron chi connectivity index (χ4n) is 1.76. The monoisotopic (exact) mass is 268 g/mol. The molecule has 0 saturated carbocycles. The number of hydrogen-bond donors (Lipinski definition) is 4. The number of hydrogen-bond acceptors (Lipinski definition) is 3. The Hall–Kier alpha value is -2.05. The van der Waals surface area contributed by atoms with Crippen LogP contribution in [0, 0.1) is 5.92 Å². The Balaban J connectivity index is 2.17. The molecular weight excluding hydrogens is 248 g/mol. The quantitative estimate of drug-likeness (QED) is 0.576. The van der Waals surface area contributed by atoms with Gasteiger partial charge in [0.25, 0.3) is 0 Å². The van der Waals surface area contributed by atoms with Crippen LogP contribution in [0.5, 0.6) is 0 Å². The average molecular weight is 268 g/mol. The fourth-order valence-corrected chi connectivity index (χ4v) is 1.76. The Morgan fingerprint density at radius 3 is 2.84 bits per heavy atom. The van der Waals surface area contributed by atoms with E-state index in [2.05, 4.69) is 20.8 Å². The molecule has 1 aromatic heterocycles. The van der Waals surface area contributed by atoms with Crippen molar-refractivity contribution in [1.29, 1.82) is 0 Å². The van der Waals surface area contributed by atoms with Crippen LogP contribution in [-0.2, 0) is 4.79 Å². The van der Waals surface area contributed by atoms with Gasteiger partial charge in [0.15, 0.2) is 0 Å². The van der Waals surface area contributed by atoms with Crippen LogP contribution in [0.3, 0.4) is 0 Å². The molecule has 2 amide bonds. The predicted octanol–water partition coefficient (Wildman–Crippen LogP) is 1.81. The topological polar surface area (TPSA) is 107 Å². The van der Waals surface area contributed by atoms with Gasteiger partial charge in [-0.15, -0.1) is 0 Å². The summed E-state index contributed by atoms with van der Waals surface area (Å²) in [5, 5.41) is 20.3. The largest absolute Gasteiger partial charge is 0.481 e. The van der Waals surface area contributed by atoms with Crippen molar-refractivity contribution in [2.24, 2.45) is 5.92 Å². The molecule has 19 heavy (non-hydrogen) atoms. The first-order valence-electron chi connectivity index (χ1n) is 6.37. The standard InChI is InChI=1S/C12H20N4O3/c1-2-9(3-4-11(17)18)5-6-13-12(19)16-10-7-14-15-8-10/h7-9H,2-6H2,1H3,(H,14,15)(H,17,18)(H2,13,16,19). The van der Waals surface area contributed by atoms with E-state index in [9.17, 15) is 9.59 Å². The molecule has 0 fully saturated rings. The molecule has 4 N–H and O–H groups in total. The molecule has 0 spiro atoms. The summed E-state index contributed by atoms with van der Waals surface area (Å²) >= 11 is 0. The van der Waals surface area contributed by atoms with Crippen LogP contribution in [0.4, 0.5) is 10.5 Å². The van der Waals surface area contributed by atoms with E-state index >= 15 is 0 Å². The SMILES string of the molecule is CCC(CCNC(=O)Nc1cn[nH]c1)CCC(=O)O. The summed E-state index contributed by atoms with van der Waals surface area (Å²) in [5.74, 6) is -0.450. The molecule has 0 aliphatic heterocycles. The Morgan fingerprint density at radius 1 is 1.47 bits per heavy atom. The summed E-state index contributed by atoms with van der Waals surface area (Å²) in [6.07, 6.45) is 5.63. The van der Waals surface area contributed by atoms with Crippen LogP contribution in [0.2, 0.25) is 0 Å². The van der Waals surface area contributed by atoms with Crippen LogP contribution in [0.15, 0.2) is 12.4 Å². The van der Waals surface area contributed by atoms with Gasteiger partial charge < -0.3 is 15.7 Å². The van der Waals surface area contributed by atoms with Crippen LogP contribution in [-0.4, -0.2) is 33.8 Å². The molecule has 106 valence electrons. The average Bonchev–Trinajstić information content (AvgIpc) is 2.86. The summed E-state index contributed by atoms with van der Waals surface area (Å²) in [6, 6.07) is -0.283. The number of amides is 2. The second kappa shape index (κ2) is 8.12. The van der Waals surface area contributed by atoms with Crippen molar-refractivity contribution in [3.8, 4) is 0 Å². The van der Waals surface area contributed by atoms with Gasteiger partial charge in [-0.05, 0) is 18.8 Å². The fraction of sp³-hybridized carbons (Fsp3) is 0.583. The smallest absolute Gasteiger partial charge is 0.319 e. The number of carbonyl (C=O) groups excluding carboxylic acids is 1. The van der Waals surface area contributed by atoms with Gasteiger partial charge >= 0.3 is 12.0 Å². The number of rotatable bonds is 8. The van der Waals surface area contributed by atoms with Gasteiger partial charge in [-0.2, -0.15) is 5.10 Å². The highest BCUT2D eigenvalue weighted by Crippen LogP contribution is 2.14. The molecule has 0 aliphatic carbocycles. The molecule has 1 aromatic rings. The summed E-state index contributed by atoms with van der Waals surface area (Å²) in [7, 11) is 0. The zero-order valence-corrected chi connectivity index (χ0v) is 11.0. The van der Waals surface area contributed by atoms with Crippen molar-refractivity contribution in [2.75, 3.05) is 11.9 Å². The van der Waals surface area contributed by atoms with E-state index in [0.717, 1.165) is 12.8 Å². The minimum Gasteiger partial charge on any atom is -0.481 e. The number of carboxylic acids is 1. The molecule has 0 aromatic carbocycles. The van der Waals surface area contributed by atoms with E-state index in [4.69, 9.17) is 5.11 Å². The third-order valence-electron chi connectivity index (χ3n) is 2.94. The Labute approximate surface area is 111 Å². The van der Waals surface area contributed by atoms with E-state index in [-0.39, 0.29) is 12.5 Å². The van der Waals surface area contributed by atoms with E-state index in [1.54, 1.807) is 6.20 Å². The first kappa shape index (κ1) is 15.0. The molecular formula is C12H20N4O3.